The molecule has 1 heterocycles. The van der Waals surface area contributed by atoms with E-state index in [4.69, 9.17) is 4.74 Å². The highest BCUT2D eigenvalue weighted by Crippen LogP contribution is 2.25. The monoisotopic (exact) mass is 311 g/mol. The van der Waals surface area contributed by atoms with E-state index in [9.17, 15) is 4.79 Å². The Morgan fingerprint density at radius 1 is 1.27 bits per heavy atom. The lowest BCUT2D eigenvalue weighted by Gasteiger charge is -2.36. The van der Waals surface area contributed by atoms with E-state index < -0.39 is 0 Å². The molecule has 0 radical (unpaired) electrons. The molecule has 0 aromatic carbocycles. The van der Waals surface area contributed by atoms with Crippen molar-refractivity contribution in [1.29, 1.82) is 0 Å². The minimum absolute atomic E-state index is 0.179. The summed E-state index contributed by atoms with van der Waals surface area (Å²) in [6.45, 7) is 10.00. The molecule has 1 aliphatic carbocycles. The number of amides is 1. The number of morpholine rings is 1. The van der Waals surface area contributed by atoms with Gasteiger partial charge in [-0.1, -0.05) is 26.7 Å². The SMILES string of the molecule is CCN(CC)CC1CCCCC1NC(=O)CC1COCCN1. The summed E-state index contributed by atoms with van der Waals surface area (Å²) in [4.78, 5) is 14.8. The number of rotatable bonds is 7. The van der Waals surface area contributed by atoms with Gasteiger partial charge in [0.05, 0.1) is 13.2 Å². The van der Waals surface area contributed by atoms with E-state index in [0.717, 1.165) is 39.2 Å². The van der Waals surface area contributed by atoms with Crippen LogP contribution in [0.5, 0.6) is 0 Å². The molecule has 2 aliphatic rings. The van der Waals surface area contributed by atoms with Crippen molar-refractivity contribution in [3.8, 4) is 0 Å². The molecule has 1 amide bonds. The first-order valence-corrected chi connectivity index (χ1v) is 9.05. The summed E-state index contributed by atoms with van der Waals surface area (Å²) in [5.41, 5.74) is 0. The molecule has 2 fully saturated rings. The third kappa shape index (κ3) is 5.52. The zero-order chi connectivity index (χ0) is 15.8. The smallest absolute Gasteiger partial charge is 0.221 e. The first-order valence-electron chi connectivity index (χ1n) is 9.05. The molecular weight excluding hydrogens is 278 g/mol. The van der Waals surface area contributed by atoms with Crippen LogP contribution in [0.3, 0.4) is 0 Å². The minimum atomic E-state index is 0.179. The molecule has 2 rings (SSSR count). The Bertz CT molecular complexity index is 328. The molecule has 22 heavy (non-hydrogen) atoms. The lowest BCUT2D eigenvalue weighted by atomic mass is 9.84. The maximum Gasteiger partial charge on any atom is 0.221 e. The van der Waals surface area contributed by atoms with Gasteiger partial charge in [0, 0.05) is 31.6 Å². The number of nitrogens with zero attached hydrogens (tertiary/aromatic N) is 1. The summed E-state index contributed by atoms with van der Waals surface area (Å²) in [7, 11) is 0. The predicted molar refractivity (Wildman–Crippen MR) is 88.9 cm³/mol. The second-order valence-electron chi connectivity index (χ2n) is 6.63. The Kier molecular flexibility index (Phi) is 7.63. The Morgan fingerprint density at radius 3 is 2.73 bits per heavy atom. The van der Waals surface area contributed by atoms with E-state index >= 15 is 0 Å². The molecule has 5 heteroatoms. The standard InChI is InChI=1S/C17H33N3O2/c1-3-20(4-2)12-14-7-5-6-8-16(14)19-17(21)11-15-13-22-10-9-18-15/h14-16,18H,3-13H2,1-2H3,(H,19,21). The van der Waals surface area contributed by atoms with Gasteiger partial charge in [0.1, 0.15) is 0 Å². The zero-order valence-corrected chi connectivity index (χ0v) is 14.3. The van der Waals surface area contributed by atoms with Crippen molar-refractivity contribution in [2.75, 3.05) is 39.4 Å². The van der Waals surface area contributed by atoms with Crippen molar-refractivity contribution >= 4 is 5.91 Å². The zero-order valence-electron chi connectivity index (χ0n) is 14.3. The third-order valence-electron chi connectivity index (χ3n) is 5.07. The fraction of sp³-hybridized carbons (Fsp3) is 0.941. The average Bonchev–Trinajstić information content (AvgIpc) is 2.55. The van der Waals surface area contributed by atoms with E-state index in [0.29, 0.717) is 25.0 Å². The maximum atomic E-state index is 12.3. The van der Waals surface area contributed by atoms with Gasteiger partial charge in [-0.25, -0.2) is 0 Å². The van der Waals surface area contributed by atoms with Crippen molar-refractivity contribution in [3.63, 3.8) is 0 Å². The number of nitrogens with one attached hydrogen (secondary N) is 2. The summed E-state index contributed by atoms with van der Waals surface area (Å²) >= 11 is 0. The van der Waals surface area contributed by atoms with Gasteiger partial charge in [-0.05, 0) is 31.8 Å². The number of ether oxygens (including phenoxy) is 1. The first-order chi connectivity index (χ1) is 10.7. The summed E-state index contributed by atoms with van der Waals surface area (Å²) in [5, 5.41) is 6.66. The van der Waals surface area contributed by atoms with Crippen molar-refractivity contribution in [2.24, 2.45) is 5.92 Å². The maximum absolute atomic E-state index is 12.3. The van der Waals surface area contributed by atoms with Crippen LogP contribution in [0.25, 0.3) is 0 Å². The summed E-state index contributed by atoms with van der Waals surface area (Å²) < 4.78 is 5.43. The summed E-state index contributed by atoms with van der Waals surface area (Å²) in [6, 6.07) is 0.532. The van der Waals surface area contributed by atoms with Crippen molar-refractivity contribution in [2.45, 2.75) is 58.0 Å². The lowest BCUT2D eigenvalue weighted by molar-refractivity contribution is -0.123. The molecule has 5 nitrogen and oxygen atoms in total. The van der Waals surface area contributed by atoms with Crippen molar-refractivity contribution < 1.29 is 9.53 Å². The Labute approximate surface area is 135 Å². The minimum Gasteiger partial charge on any atom is -0.378 e. The van der Waals surface area contributed by atoms with Crippen LogP contribution in [0.4, 0.5) is 0 Å². The Hall–Kier alpha value is -0.650. The topological polar surface area (TPSA) is 53.6 Å². The molecule has 3 unspecified atom stereocenters. The van der Waals surface area contributed by atoms with Crippen molar-refractivity contribution in [1.82, 2.24) is 15.5 Å². The first kappa shape index (κ1) is 17.7. The van der Waals surface area contributed by atoms with Crippen LogP contribution in [0.1, 0.15) is 46.0 Å². The second kappa shape index (κ2) is 9.48. The summed E-state index contributed by atoms with van der Waals surface area (Å²) in [5.74, 6) is 0.785. The fourth-order valence-corrected chi connectivity index (χ4v) is 3.67. The molecule has 1 saturated carbocycles. The van der Waals surface area contributed by atoms with Crippen LogP contribution in [0, 0.1) is 5.92 Å². The van der Waals surface area contributed by atoms with Gasteiger partial charge in [0.25, 0.3) is 0 Å². The van der Waals surface area contributed by atoms with Crippen LogP contribution in [0.2, 0.25) is 0 Å². The largest absolute Gasteiger partial charge is 0.378 e. The normalized spacial score (nSPS) is 29.5. The van der Waals surface area contributed by atoms with Gasteiger partial charge in [-0.3, -0.25) is 4.79 Å². The molecule has 2 N–H and O–H groups in total. The molecule has 3 atom stereocenters. The number of carbonyl (C=O) groups is 1. The molecule has 0 spiro atoms. The quantitative estimate of drug-likeness (QED) is 0.746. The van der Waals surface area contributed by atoms with Crippen LogP contribution < -0.4 is 10.6 Å². The third-order valence-corrected chi connectivity index (χ3v) is 5.07. The van der Waals surface area contributed by atoms with Crippen LogP contribution in [-0.2, 0) is 9.53 Å². The average molecular weight is 311 g/mol. The Morgan fingerprint density at radius 2 is 2.05 bits per heavy atom. The van der Waals surface area contributed by atoms with Gasteiger partial charge < -0.3 is 20.3 Å². The highest BCUT2D eigenvalue weighted by molar-refractivity contribution is 5.77. The highest BCUT2D eigenvalue weighted by atomic mass is 16.5. The summed E-state index contributed by atoms with van der Waals surface area (Å²) in [6.07, 6.45) is 5.45. The van der Waals surface area contributed by atoms with Gasteiger partial charge in [0.2, 0.25) is 5.91 Å². The number of hydrogen-bond donors (Lipinski definition) is 2. The number of hydrogen-bond acceptors (Lipinski definition) is 4. The van der Waals surface area contributed by atoms with Crippen LogP contribution >= 0.6 is 0 Å². The molecule has 1 aliphatic heterocycles. The molecule has 128 valence electrons. The Balaban J connectivity index is 1.80. The highest BCUT2D eigenvalue weighted by Gasteiger charge is 2.28. The molecular formula is C17H33N3O2. The van der Waals surface area contributed by atoms with Gasteiger partial charge in [0.15, 0.2) is 0 Å². The fourth-order valence-electron chi connectivity index (χ4n) is 3.67. The van der Waals surface area contributed by atoms with Gasteiger partial charge in [-0.2, -0.15) is 0 Å². The van der Waals surface area contributed by atoms with E-state index in [1.54, 1.807) is 0 Å². The number of carbonyl (C=O) groups excluding carboxylic acids is 1. The van der Waals surface area contributed by atoms with Gasteiger partial charge >= 0.3 is 0 Å². The van der Waals surface area contributed by atoms with E-state index in [1.807, 2.05) is 0 Å². The van der Waals surface area contributed by atoms with Crippen LogP contribution in [0.15, 0.2) is 0 Å². The van der Waals surface area contributed by atoms with E-state index in [-0.39, 0.29) is 11.9 Å². The van der Waals surface area contributed by atoms with Gasteiger partial charge in [-0.15, -0.1) is 0 Å². The van der Waals surface area contributed by atoms with E-state index in [2.05, 4.69) is 29.4 Å². The molecule has 1 saturated heterocycles. The molecule has 0 bridgehead atoms. The second-order valence-corrected chi connectivity index (χ2v) is 6.63. The molecule has 0 aromatic heterocycles. The van der Waals surface area contributed by atoms with Crippen LogP contribution in [-0.4, -0.2) is 62.3 Å². The van der Waals surface area contributed by atoms with Crippen molar-refractivity contribution in [3.05, 3.63) is 0 Å². The predicted octanol–water partition coefficient (Wildman–Crippen LogP) is 1.38. The van der Waals surface area contributed by atoms with E-state index in [1.165, 1.54) is 19.3 Å². The lowest BCUT2D eigenvalue weighted by Crippen LogP contribution is -2.49. The molecule has 0 aromatic rings.